The van der Waals surface area contributed by atoms with Crippen molar-refractivity contribution in [2.75, 3.05) is 0 Å². The van der Waals surface area contributed by atoms with Gasteiger partial charge in [-0.3, -0.25) is 4.57 Å². The second kappa shape index (κ2) is 8.40. The molecule has 0 aliphatic rings. The van der Waals surface area contributed by atoms with Crippen molar-refractivity contribution in [1.29, 1.82) is 0 Å². The van der Waals surface area contributed by atoms with Gasteiger partial charge < -0.3 is 4.57 Å². The molecule has 2 heterocycles. The van der Waals surface area contributed by atoms with Gasteiger partial charge in [0.15, 0.2) is 0 Å². The molecule has 0 radical (unpaired) electrons. The van der Waals surface area contributed by atoms with Gasteiger partial charge in [-0.05, 0) is 48.0 Å². The van der Waals surface area contributed by atoms with Gasteiger partial charge in [-0.15, -0.1) is 0 Å². The van der Waals surface area contributed by atoms with Gasteiger partial charge in [0.25, 0.3) is 0 Å². The molecule has 0 saturated carbocycles. The van der Waals surface area contributed by atoms with Crippen LogP contribution < -0.4 is 0 Å². The average Bonchev–Trinajstić information content (AvgIpc) is 3.57. The van der Waals surface area contributed by atoms with E-state index in [1.807, 2.05) is 18.5 Å². The minimum Gasteiger partial charge on any atom is -0.309 e. The van der Waals surface area contributed by atoms with Crippen LogP contribution in [0.25, 0.3) is 55.7 Å². The molecule has 7 aromatic rings. The highest BCUT2D eigenvalue weighted by molar-refractivity contribution is 6.09. The summed E-state index contributed by atoms with van der Waals surface area (Å²) >= 11 is 0. The Kier molecular flexibility index (Phi) is 4.78. The van der Waals surface area contributed by atoms with Crippen molar-refractivity contribution in [1.82, 2.24) is 14.1 Å². The van der Waals surface area contributed by atoms with E-state index in [2.05, 4.69) is 130 Å². The largest absolute Gasteiger partial charge is 0.309 e. The second-order valence-corrected chi connectivity index (χ2v) is 8.92. The summed E-state index contributed by atoms with van der Waals surface area (Å²) in [6.45, 7) is 0. The quantitative estimate of drug-likeness (QED) is 0.258. The molecule has 7 rings (SSSR count). The Morgan fingerprint density at radius 3 is 1.83 bits per heavy atom. The van der Waals surface area contributed by atoms with Crippen molar-refractivity contribution in [3.05, 3.63) is 140 Å². The lowest BCUT2D eigenvalue weighted by Gasteiger charge is -2.14. The van der Waals surface area contributed by atoms with Gasteiger partial charge in [0.1, 0.15) is 5.82 Å². The number of nitrogens with zero attached hydrogens (tertiary/aromatic N) is 3. The van der Waals surface area contributed by atoms with Gasteiger partial charge in [0.05, 0.1) is 16.7 Å². The fourth-order valence-corrected chi connectivity index (χ4v) is 5.22. The Labute approximate surface area is 209 Å². The molecule has 0 fully saturated rings. The first kappa shape index (κ1) is 20.5. The van der Waals surface area contributed by atoms with Crippen LogP contribution in [0.3, 0.4) is 0 Å². The van der Waals surface area contributed by atoms with Gasteiger partial charge in [0, 0.05) is 40.0 Å². The van der Waals surface area contributed by atoms with Crippen molar-refractivity contribution in [3.8, 4) is 33.9 Å². The Bertz CT molecular complexity index is 1770. The summed E-state index contributed by atoms with van der Waals surface area (Å²) in [4.78, 5) is 4.75. The fourth-order valence-electron chi connectivity index (χ4n) is 5.22. The number of hydrogen-bond acceptors (Lipinski definition) is 1. The number of aromatic nitrogens is 3. The highest BCUT2D eigenvalue weighted by Crippen LogP contribution is 2.33. The zero-order valence-electron chi connectivity index (χ0n) is 19.6. The third-order valence-corrected chi connectivity index (χ3v) is 6.85. The molecule has 0 spiro atoms. The summed E-state index contributed by atoms with van der Waals surface area (Å²) in [6, 6.07) is 44.9. The molecule has 3 heteroatoms. The topological polar surface area (TPSA) is 22.8 Å². The molecule has 3 nitrogen and oxygen atoms in total. The lowest BCUT2D eigenvalue weighted by molar-refractivity contribution is 1.07. The number of fused-ring (bicyclic) bond motifs is 3. The van der Waals surface area contributed by atoms with E-state index in [4.69, 9.17) is 4.98 Å². The van der Waals surface area contributed by atoms with Gasteiger partial charge in [-0.25, -0.2) is 4.98 Å². The van der Waals surface area contributed by atoms with Gasteiger partial charge in [0.2, 0.25) is 0 Å². The fraction of sp³-hybridized carbons (Fsp3) is 0. The van der Waals surface area contributed by atoms with Crippen LogP contribution in [0, 0.1) is 0 Å². The second-order valence-electron chi connectivity index (χ2n) is 8.92. The number of hydrogen-bond donors (Lipinski definition) is 0. The van der Waals surface area contributed by atoms with Crippen LogP contribution in [0.5, 0.6) is 0 Å². The first-order valence-electron chi connectivity index (χ1n) is 12.2. The van der Waals surface area contributed by atoms with Crippen LogP contribution >= 0.6 is 0 Å². The van der Waals surface area contributed by atoms with Crippen LogP contribution in [-0.2, 0) is 0 Å². The number of para-hydroxylation sites is 3. The predicted octanol–water partition coefficient (Wildman–Crippen LogP) is 8.30. The van der Waals surface area contributed by atoms with E-state index in [1.54, 1.807) is 0 Å². The van der Waals surface area contributed by atoms with Crippen molar-refractivity contribution in [2.45, 2.75) is 0 Å². The zero-order chi connectivity index (χ0) is 23.9. The SMILES string of the molecule is c1ccc(-c2ccccc2-n2ccnc2-c2ccc(-n3c4ccccc4c4ccccc43)cc2)cc1. The van der Waals surface area contributed by atoms with Crippen molar-refractivity contribution in [3.63, 3.8) is 0 Å². The van der Waals surface area contributed by atoms with Crippen molar-refractivity contribution < 1.29 is 0 Å². The molecule has 170 valence electrons. The van der Waals surface area contributed by atoms with E-state index in [-0.39, 0.29) is 0 Å². The Balaban J connectivity index is 1.34. The molecule has 5 aromatic carbocycles. The molecule has 0 bridgehead atoms. The molecule has 2 aromatic heterocycles. The van der Waals surface area contributed by atoms with E-state index < -0.39 is 0 Å². The molecule has 0 saturated heterocycles. The molecule has 36 heavy (non-hydrogen) atoms. The molecule has 0 unspecified atom stereocenters. The maximum absolute atomic E-state index is 4.75. The average molecular weight is 462 g/mol. The van der Waals surface area contributed by atoms with Crippen LogP contribution in [0.15, 0.2) is 140 Å². The standard InChI is InChI=1S/C33H23N3/c1-2-10-24(11-3-1)27-12-4-7-15-30(27)35-23-22-34-33(35)25-18-20-26(21-19-25)36-31-16-8-5-13-28(31)29-14-6-9-17-32(29)36/h1-23H. The van der Waals surface area contributed by atoms with E-state index in [9.17, 15) is 0 Å². The number of rotatable bonds is 4. The maximum atomic E-state index is 4.75. The molecule has 0 atom stereocenters. The number of benzene rings is 5. The molecular formula is C33H23N3. The molecule has 0 aliphatic carbocycles. The van der Waals surface area contributed by atoms with Crippen molar-refractivity contribution in [2.24, 2.45) is 0 Å². The molecular weight excluding hydrogens is 438 g/mol. The maximum Gasteiger partial charge on any atom is 0.144 e. The molecule has 0 N–H and O–H groups in total. The van der Waals surface area contributed by atoms with Gasteiger partial charge in [-0.2, -0.15) is 0 Å². The summed E-state index contributed by atoms with van der Waals surface area (Å²) < 4.78 is 4.52. The normalized spacial score (nSPS) is 11.3. The smallest absolute Gasteiger partial charge is 0.144 e. The summed E-state index contributed by atoms with van der Waals surface area (Å²) in [7, 11) is 0. The summed E-state index contributed by atoms with van der Waals surface area (Å²) in [5, 5.41) is 2.54. The molecule has 0 aliphatic heterocycles. The lowest BCUT2D eigenvalue weighted by atomic mass is 10.0. The summed E-state index contributed by atoms with van der Waals surface area (Å²) in [5.41, 5.74) is 8.12. The van der Waals surface area contributed by atoms with Crippen LogP contribution in [-0.4, -0.2) is 14.1 Å². The first-order chi connectivity index (χ1) is 17.9. The predicted molar refractivity (Wildman–Crippen MR) is 149 cm³/mol. The highest BCUT2D eigenvalue weighted by atomic mass is 15.1. The minimum absolute atomic E-state index is 0.923. The van der Waals surface area contributed by atoms with Crippen molar-refractivity contribution >= 4 is 21.8 Å². The van der Waals surface area contributed by atoms with Crippen LogP contribution in [0.4, 0.5) is 0 Å². The van der Waals surface area contributed by atoms with E-state index >= 15 is 0 Å². The summed E-state index contributed by atoms with van der Waals surface area (Å²) in [6.07, 6.45) is 3.91. The Morgan fingerprint density at radius 2 is 1.11 bits per heavy atom. The summed E-state index contributed by atoms with van der Waals surface area (Å²) in [5.74, 6) is 0.923. The number of imidazole rings is 1. The van der Waals surface area contributed by atoms with E-state index in [0.717, 1.165) is 22.8 Å². The van der Waals surface area contributed by atoms with E-state index in [1.165, 1.54) is 32.9 Å². The molecule has 0 amide bonds. The Hall–Kier alpha value is -4.89. The van der Waals surface area contributed by atoms with Gasteiger partial charge >= 0.3 is 0 Å². The van der Waals surface area contributed by atoms with Crippen LogP contribution in [0.1, 0.15) is 0 Å². The highest BCUT2D eigenvalue weighted by Gasteiger charge is 2.14. The van der Waals surface area contributed by atoms with Crippen LogP contribution in [0.2, 0.25) is 0 Å². The third kappa shape index (κ3) is 3.25. The minimum atomic E-state index is 0.923. The Morgan fingerprint density at radius 1 is 0.500 bits per heavy atom. The monoisotopic (exact) mass is 461 g/mol. The first-order valence-corrected chi connectivity index (χ1v) is 12.2. The lowest BCUT2D eigenvalue weighted by Crippen LogP contribution is -1.99. The third-order valence-electron chi connectivity index (χ3n) is 6.85. The van der Waals surface area contributed by atoms with Gasteiger partial charge in [-0.1, -0.05) is 84.9 Å². The van der Waals surface area contributed by atoms with E-state index in [0.29, 0.717) is 0 Å². The zero-order valence-corrected chi connectivity index (χ0v) is 19.6.